The molecule has 1 amide bonds. The first-order valence-corrected chi connectivity index (χ1v) is 10.3. The number of anilines is 1. The maximum absolute atomic E-state index is 11.5. The van der Waals surface area contributed by atoms with Gasteiger partial charge in [-0.1, -0.05) is 0 Å². The molecule has 0 saturated heterocycles. The van der Waals surface area contributed by atoms with Crippen LogP contribution in [0, 0.1) is 0 Å². The van der Waals surface area contributed by atoms with E-state index in [0.29, 0.717) is 12.0 Å². The number of rotatable bonds is 7. The van der Waals surface area contributed by atoms with Crippen LogP contribution in [0.1, 0.15) is 45.1 Å². The fourth-order valence-electron chi connectivity index (χ4n) is 2.11. The molecule has 118 valence electrons. The summed E-state index contributed by atoms with van der Waals surface area (Å²) in [4.78, 5) is 11.2. The van der Waals surface area contributed by atoms with E-state index in [1.807, 2.05) is 0 Å². The fourth-order valence-corrected chi connectivity index (χ4v) is 3.62. The van der Waals surface area contributed by atoms with Crippen molar-refractivity contribution in [3.63, 3.8) is 0 Å². The number of aryl methyl sites for hydroxylation is 1. The van der Waals surface area contributed by atoms with E-state index in [4.69, 9.17) is 0 Å². The van der Waals surface area contributed by atoms with Crippen LogP contribution in [-0.4, -0.2) is 33.4 Å². The number of amides is 1. The zero-order valence-corrected chi connectivity index (χ0v) is 14.2. The Morgan fingerprint density at radius 1 is 1.24 bits per heavy atom. The van der Waals surface area contributed by atoms with Gasteiger partial charge in [0.05, 0.1) is 0 Å². The fraction of sp³-hybridized carbons (Fsp3) is 0.500. The van der Waals surface area contributed by atoms with Crippen molar-refractivity contribution in [3.05, 3.63) is 17.7 Å². The van der Waals surface area contributed by atoms with Crippen molar-refractivity contribution >= 4 is 30.1 Å². The minimum atomic E-state index is -5.22. The average Bonchev–Trinajstić information content (AvgIpc) is 2.36. The van der Waals surface area contributed by atoms with Gasteiger partial charge in [-0.2, -0.15) is 0 Å². The summed E-state index contributed by atoms with van der Waals surface area (Å²) < 4.78 is 29.9. The molecule has 0 heterocycles. The molecular weight excluding hydrogens is 337 g/mol. The molecular formula is C14H22AsNO5. The van der Waals surface area contributed by atoms with Crippen LogP contribution in [0.15, 0.2) is 12.1 Å². The van der Waals surface area contributed by atoms with Crippen molar-refractivity contribution in [2.45, 2.75) is 46.0 Å². The summed E-state index contributed by atoms with van der Waals surface area (Å²) in [6.07, 6.45) is 4.70. The molecule has 0 aliphatic heterocycles. The molecule has 1 aromatic rings. The zero-order valence-electron chi connectivity index (χ0n) is 12.3. The molecule has 0 aromatic heterocycles. The van der Waals surface area contributed by atoms with Gasteiger partial charge in [-0.05, 0) is 0 Å². The number of carbonyl (C=O) groups is 1. The number of hydrogen-bond donors (Lipinski definition) is 4. The molecule has 0 spiro atoms. The van der Waals surface area contributed by atoms with E-state index in [0.717, 1.165) is 25.7 Å². The first kappa shape index (κ1) is 17.8. The van der Waals surface area contributed by atoms with Crippen molar-refractivity contribution in [2.24, 2.45) is 0 Å². The summed E-state index contributed by atoms with van der Waals surface area (Å²) in [5.74, 6) is -0.734. The molecule has 0 bridgehead atoms. The number of carbonyl (C=O) groups excluding carboxylic acids is 1. The Morgan fingerprint density at radius 3 is 2.43 bits per heavy atom. The molecule has 0 aliphatic carbocycles. The molecule has 0 radical (unpaired) electrons. The van der Waals surface area contributed by atoms with Gasteiger partial charge in [0.2, 0.25) is 0 Å². The zero-order chi connectivity index (χ0) is 16.0. The van der Waals surface area contributed by atoms with Crippen molar-refractivity contribution in [2.75, 3.05) is 5.32 Å². The Labute approximate surface area is 127 Å². The predicted molar refractivity (Wildman–Crippen MR) is 80.8 cm³/mol. The number of aromatic hydroxyl groups is 1. The van der Waals surface area contributed by atoms with E-state index in [9.17, 15) is 21.8 Å². The molecule has 7 heteroatoms. The van der Waals surface area contributed by atoms with Crippen LogP contribution in [0.25, 0.3) is 0 Å². The van der Waals surface area contributed by atoms with Gasteiger partial charge in [0, 0.05) is 0 Å². The van der Waals surface area contributed by atoms with Gasteiger partial charge in [-0.15, -0.1) is 0 Å². The summed E-state index contributed by atoms with van der Waals surface area (Å²) in [5.41, 5.74) is 0.422. The van der Waals surface area contributed by atoms with E-state index in [2.05, 4.69) is 12.2 Å². The van der Waals surface area contributed by atoms with Gasteiger partial charge in [-0.3, -0.25) is 0 Å². The molecule has 1 rings (SSSR count). The second kappa shape index (κ2) is 7.68. The standard InChI is InChI=1S/C14H22AsNO5/c1-3-4-5-6-7-11-8-9-12(15(19,20)21)13(14(11)18)16-10(2)17/h8-9,18H,3-7H2,1-2H3,(H,16,17)(H2,19,20,21). The number of nitrogens with one attached hydrogen (secondary N) is 1. The van der Waals surface area contributed by atoms with Crippen LogP contribution in [0.4, 0.5) is 5.69 Å². The van der Waals surface area contributed by atoms with E-state index < -0.39 is 20.1 Å². The van der Waals surface area contributed by atoms with Crippen molar-refractivity contribution < 1.29 is 21.8 Å². The number of phenolic OH excluding ortho intramolecular Hbond substituents is 1. The Morgan fingerprint density at radius 2 is 1.90 bits per heavy atom. The first-order chi connectivity index (χ1) is 9.77. The molecule has 0 atom stereocenters. The molecule has 0 fully saturated rings. The first-order valence-electron chi connectivity index (χ1n) is 6.96. The predicted octanol–water partition coefficient (Wildman–Crippen LogP) is 1.03. The summed E-state index contributed by atoms with van der Waals surface area (Å²) in [6.45, 7) is 3.33. The quantitative estimate of drug-likeness (QED) is 0.331. The second-order valence-electron chi connectivity index (χ2n) is 5.00. The van der Waals surface area contributed by atoms with Crippen molar-refractivity contribution in [3.8, 4) is 5.75 Å². The Kier molecular flexibility index (Phi) is 6.52. The van der Waals surface area contributed by atoms with Crippen LogP contribution in [0.5, 0.6) is 5.75 Å². The molecule has 0 saturated carbocycles. The summed E-state index contributed by atoms with van der Waals surface area (Å²) in [5, 5.41) is 12.5. The van der Waals surface area contributed by atoms with Gasteiger partial charge < -0.3 is 0 Å². The third-order valence-corrected chi connectivity index (χ3v) is 5.25. The molecule has 1 aromatic carbocycles. The molecule has 0 unspecified atom stereocenters. The number of phenols is 1. The van der Waals surface area contributed by atoms with E-state index in [1.165, 1.54) is 19.1 Å². The van der Waals surface area contributed by atoms with Crippen LogP contribution < -0.4 is 9.67 Å². The normalized spacial score (nSPS) is 11.4. The second-order valence-corrected chi connectivity index (χ2v) is 8.30. The summed E-state index contributed by atoms with van der Waals surface area (Å²) in [6, 6.07) is 2.81. The maximum atomic E-state index is 11.5. The van der Waals surface area contributed by atoms with Gasteiger partial charge in [0.1, 0.15) is 0 Å². The summed E-state index contributed by atoms with van der Waals surface area (Å²) >= 11 is -5.22. The molecule has 0 aliphatic rings. The Bertz CT molecular complexity index is 553. The van der Waals surface area contributed by atoms with Crippen LogP contribution in [0.3, 0.4) is 0 Å². The molecule has 4 N–H and O–H groups in total. The van der Waals surface area contributed by atoms with Crippen LogP contribution in [-0.2, 0) is 15.0 Å². The van der Waals surface area contributed by atoms with E-state index >= 15 is 0 Å². The number of hydrogen-bond acceptors (Lipinski definition) is 3. The van der Waals surface area contributed by atoms with Crippen molar-refractivity contribution in [1.82, 2.24) is 0 Å². The third kappa shape index (κ3) is 5.23. The Balaban J connectivity index is 3.09. The van der Waals surface area contributed by atoms with Crippen LogP contribution in [0.2, 0.25) is 0 Å². The average molecular weight is 359 g/mol. The minimum absolute atomic E-state index is 0.164. The third-order valence-electron chi connectivity index (χ3n) is 3.15. The Hall–Kier alpha value is -1.23. The monoisotopic (exact) mass is 359 g/mol. The van der Waals surface area contributed by atoms with Crippen LogP contribution >= 0.6 is 0 Å². The van der Waals surface area contributed by atoms with E-state index in [-0.39, 0.29) is 15.8 Å². The molecule has 6 nitrogen and oxygen atoms in total. The number of unbranched alkanes of at least 4 members (excludes halogenated alkanes) is 3. The van der Waals surface area contributed by atoms with Gasteiger partial charge in [0.25, 0.3) is 0 Å². The van der Waals surface area contributed by atoms with Crippen molar-refractivity contribution in [1.29, 1.82) is 0 Å². The summed E-state index contributed by atoms with van der Waals surface area (Å²) in [7, 11) is 0. The van der Waals surface area contributed by atoms with Gasteiger partial charge in [0.15, 0.2) is 0 Å². The molecule has 21 heavy (non-hydrogen) atoms. The number of benzene rings is 1. The van der Waals surface area contributed by atoms with Gasteiger partial charge >= 0.3 is 127 Å². The van der Waals surface area contributed by atoms with Gasteiger partial charge in [-0.25, -0.2) is 0 Å². The SMILES string of the molecule is CCCCCCc1ccc([As](=O)(O)O)c(NC(C)=O)c1O. The topological polar surface area (TPSA) is 107 Å². The van der Waals surface area contributed by atoms with E-state index in [1.54, 1.807) is 0 Å².